The van der Waals surface area contributed by atoms with Crippen LogP contribution in [0.1, 0.15) is 36.8 Å². The second kappa shape index (κ2) is 7.85. The summed E-state index contributed by atoms with van der Waals surface area (Å²) in [5.74, 6) is 0. The third-order valence-electron chi connectivity index (χ3n) is 3.06. The van der Waals surface area contributed by atoms with Crippen molar-refractivity contribution in [3.8, 4) is 0 Å². The topological polar surface area (TPSA) is 0 Å². The largest absolute Gasteiger partial charge is 0.113 e. The van der Waals surface area contributed by atoms with Crippen LogP contribution in [-0.2, 0) is 6.42 Å². The maximum absolute atomic E-state index is 2.38. The van der Waals surface area contributed by atoms with Gasteiger partial charge in [-0.25, -0.2) is 0 Å². The lowest BCUT2D eigenvalue weighted by atomic mass is 10.0. The van der Waals surface area contributed by atoms with Gasteiger partial charge in [-0.2, -0.15) is 0 Å². The van der Waals surface area contributed by atoms with Crippen molar-refractivity contribution in [1.82, 2.24) is 0 Å². The molecule has 0 saturated heterocycles. The lowest BCUT2D eigenvalue weighted by molar-refractivity contribution is 0.668. The van der Waals surface area contributed by atoms with Crippen molar-refractivity contribution in [3.05, 3.63) is 35.4 Å². The van der Waals surface area contributed by atoms with E-state index in [0.29, 0.717) is 7.92 Å². The van der Waals surface area contributed by atoms with E-state index in [1.807, 2.05) is 0 Å². The minimum Gasteiger partial charge on any atom is -0.113 e. The average molecular weight is 236 g/mol. The van der Waals surface area contributed by atoms with Gasteiger partial charge in [0.05, 0.1) is 0 Å². The van der Waals surface area contributed by atoms with Gasteiger partial charge in [-0.3, -0.25) is 0 Å². The predicted octanol–water partition coefficient (Wildman–Crippen LogP) is 4.84. The fraction of sp³-hybridized carbons (Fsp3) is 0.600. The lowest BCUT2D eigenvalue weighted by Gasteiger charge is -2.06. The Morgan fingerprint density at radius 3 is 2.31 bits per heavy atom. The van der Waals surface area contributed by atoms with Gasteiger partial charge in [0.2, 0.25) is 0 Å². The molecule has 90 valence electrons. The van der Waals surface area contributed by atoms with Crippen LogP contribution in [0, 0.1) is 6.92 Å². The molecule has 0 aromatic heterocycles. The summed E-state index contributed by atoms with van der Waals surface area (Å²) in [6.07, 6.45) is 8.34. The minimum atomic E-state index is 0.330. The molecule has 0 unspecified atom stereocenters. The van der Waals surface area contributed by atoms with Crippen LogP contribution in [0.25, 0.3) is 0 Å². The van der Waals surface area contributed by atoms with Crippen LogP contribution in [0.15, 0.2) is 24.3 Å². The van der Waals surface area contributed by atoms with Gasteiger partial charge in [0.15, 0.2) is 0 Å². The highest BCUT2D eigenvalue weighted by Gasteiger charge is 1.97. The Labute approximate surface area is 102 Å². The zero-order valence-electron chi connectivity index (χ0n) is 11.0. The second-order valence-electron chi connectivity index (χ2n) is 4.89. The third kappa shape index (κ3) is 5.66. The SMILES string of the molecule is Cc1ccccc1CCCCCCP(C)C. The standard InChI is InChI=1S/C15H25P/c1-14-10-7-8-12-15(14)11-6-4-5-9-13-16(2)3/h7-8,10,12H,4-6,9,11,13H2,1-3H3. The smallest absolute Gasteiger partial charge is 0.0276 e. The van der Waals surface area contributed by atoms with E-state index in [1.165, 1.54) is 49.4 Å². The van der Waals surface area contributed by atoms with Gasteiger partial charge < -0.3 is 0 Å². The normalized spacial score (nSPS) is 11.0. The van der Waals surface area contributed by atoms with Gasteiger partial charge in [0.1, 0.15) is 0 Å². The molecule has 0 fully saturated rings. The van der Waals surface area contributed by atoms with Gasteiger partial charge >= 0.3 is 0 Å². The molecule has 1 rings (SSSR count). The summed E-state index contributed by atoms with van der Waals surface area (Å²) in [4.78, 5) is 0. The molecule has 0 N–H and O–H groups in total. The average Bonchev–Trinajstić information content (AvgIpc) is 2.25. The number of hydrogen-bond acceptors (Lipinski definition) is 0. The summed E-state index contributed by atoms with van der Waals surface area (Å²) < 4.78 is 0. The van der Waals surface area contributed by atoms with Crippen molar-refractivity contribution in [1.29, 1.82) is 0 Å². The van der Waals surface area contributed by atoms with Crippen LogP contribution in [0.3, 0.4) is 0 Å². The van der Waals surface area contributed by atoms with Gasteiger partial charge in [-0.15, -0.1) is 7.92 Å². The molecular weight excluding hydrogens is 211 g/mol. The molecule has 0 aliphatic carbocycles. The monoisotopic (exact) mass is 236 g/mol. The Bertz CT molecular complexity index is 291. The first-order valence-corrected chi connectivity index (χ1v) is 8.81. The highest BCUT2D eigenvalue weighted by Crippen LogP contribution is 2.26. The fourth-order valence-electron chi connectivity index (χ4n) is 1.99. The van der Waals surface area contributed by atoms with Crippen molar-refractivity contribution in [2.45, 2.75) is 39.0 Å². The Morgan fingerprint density at radius 1 is 0.938 bits per heavy atom. The van der Waals surface area contributed by atoms with Crippen molar-refractivity contribution < 1.29 is 0 Å². The molecule has 16 heavy (non-hydrogen) atoms. The third-order valence-corrected chi connectivity index (χ3v) is 4.27. The first-order valence-electron chi connectivity index (χ1n) is 6.39. The first kappa shape index (κ1) is 13.7. The van der Waals surface area contributed by atoms with Crippen molar-refractivity contribution >= 4 is 7.92 Å². The number of aryl methyl sites for hydroxylation is 2. The van der Waals surface area contributed by atoms with E-state index < -0.39 is 0 Å². The van der Waals surface area contributed by atoms with E-state index >= 15 is 0 Å². The zero-order chi connectivity index (χ0) is 11.8. The van der Waals surface area contributed by atoms with E-state index in [-0.39, 0.29) is 0 Å². The first-order chi connectivity index (χ1) is 7.70. The van der Waals surface area contributed by atoms with Crippen molar-refractivity contribution in [2.24, 2.45) is 0 Å². The van der Waals surface area contributed by atoms with E-state index in [0.717, 1.165) is 0 Å². The summed E-state index contributed by atoms with van der Waals surface area (Å²) >= 11 is 0. The molecule has 0 bridgehead atoms. The molecule has 0 nitrogen and oxygen atoms in total. The highest BCUT2D eigenvalue weighted by atomic mass is 31.1. The number of rotatable bonds is 7. The molecule has 1 aromatic carbocycles. The predicted molar refractivity (Wildman–Crippen MR) is 77.0 cm³/mol. The Morgan fingerprint density at radius 2 is 1.62 bits per heavy atom. The van der Waals surface area contributed by atoms with E-state index in [1.54, 1.807) is 0 Å². The Hall–Kier alpha value is -0.350. The van der Waals surface area contributed by atoms with Gasteiger partial charge in [0.25, 0.3) is 0 Å². The van der Waals surface area contributed by atoms with Crippen LogP contribution in [-0.4, -0.2) is 19.5 Å². The molecule has 0 radical (unpaired) electrons. The fourth-order valence-corrected chi connectivity index (χ4v) is 2.84. The number of benzene rings is 1. The summed E-state index contributed by atoms with van der Waals surface area (Å²) in [7, 11) is 0.330. The van der Waals surface area contributed by atoms with Gasteiger partial charge in [0, 0.05) is 0 Å². The quantitative estimate of drug-likeness (QED) is 0.469. The Balaban J connectivity index is 2.10. The van der Waals surface area contributed by atoms with Gasteiger partial charge in [-0.05, 0) is 56.8 Å². The van der Waals surface area contributed by atoms with Crippen LogP contribution >= 0.6 is 7.92 Å². The van der Waals surface area contributed by atoms with Crippen molar-refractivity contribution in [2.75, 3.05) is 19.5 Å². The molecule has 1 heteroatoms. The summed E-state index contributed by atoms with van der Waals surface area (Å²) in [5, 5.41) is 0. The molecule has 0 heterocycles. The summed E-state index contributed by atoms with van der Waals surface area (Å²) in [6.45, 7) is 6.97. The lowest BCUT2D eigenvalue weighted by Crippen LogP contribution is -1.90. The molecule has 0 aliphatic heterocycles. The maximum atomic E-state index is 2.38. The number of unbranched alkanes of at least 4 members (excludes halogenated alkanes) is 3. The van der Waals surface area contributed by atoms with E-state index in [9.17, 15) is 0 Å². The van der Waals surface area contributed by atoms with Crippen molar-refractivity contribution in [3.63, 3.8) is 0 Å². The number of hydrogen-bond donors (Lipinski definition) is 0. The van der Waals surface area contributed by atoms with E-state index in [4.69, 9.17) is 0 Å². The summed E-state index contributed by atoms with van der Waals surface area (Å²) in [5.41, 5.74) is 2.99. The molecule has 0 atom stereocenters. The molecule has 0 saturated carbocycles. The van der Waals surface area contributed by atoms with Crippen LogP contribution < -0.4 is 0 Å². The van der Waals surface area contributed by atoms with E-state index in [2.05, 4.69) is 44.5 Å². The van der Waals surface area contributed by atoms with Crippen LogP contribution in [0.4, 0.5) is 0 Å². The highest BCUT2D eigenvalue weighted by molar-refractivity contribution is 7.55. The minimum absolute atomic E-state index is 0.330. The summed E-state index contributed by atoms with van der Waals surface area (Å²) in [6, 6.07) is 8.77. The molecule has 0 aliphatic rings. The zero-order valence-corrected chi connectivity index (χ0v) is 11.9. The Kier molecular flexibility index (Phi) is 6.73. The molecule has 1 aromatic rings. The second-order valence-corrected chi connectivity index (χ2v) is 7.50. The van der Waals surface area contributed by atoms with Gasteiger partial charge in [-0.1, -0.05) is 37.1 Å². The maximum Gasteiger partial charge on any atom is -0.0276 e. The molecule has 0 amide bonds. The molecule has 0 spiro atoms. The molecular formula is C15H25P. The van der Waals surface area contributed by atoms with Crippen LogP contribution in [0.5, 0.6) is 0 Å². The van der Waals surface area contributed by atoms with Crippen LogP contribution in [0.2, 0.25) is 0 Å².